The van der Waals surface area contributed by atoms with Crippen LogP contribution < -0.4 is 5.32 Å². The van der Waals surface area contributed by atoms with E-state index in [0.29, 0.717) is 11.1 Å². The largest absolute Gasteiger partial charge is 0.507 e. The number of aryl methyl sites for hydroxylation is 2. The minimum Gasteiger partial charge on any atom is -0.507 e. The highest BCUT2D eigenvalue weighted by atomic mass is 79.9. The molecule has 0 saturated carbocycles. The van der Waals surface area contributed by atoms with Gasteiger partial charge in [0.15, 0.2) is 0 Å². The van der Waals surface area contributed by atoms with Crippen molar-refractivity contribution < 1.29 is 9.90 Å². The number of nitrogens with one attached hydrogen (secondary N) is 1. The van der Waals surface area contributed by atoms with Gasteiger partial charge in [-0.25, -0.2) is 0 Å². The van der Waals surface area contributed by atoms with E-state index >= 15 is 0 Å². The molecule has 1 amide bonds. The lowest BCUT2D eigenvalue weighted by Crippen LogP contribution is -2.12. The van der Waals surface area contributed by atoms with Crippen molar-refractivity contribution in [3.63, 3.8) is 0 Å². The first-order chi connectivity index (χ1) is 12.9. The van der Waals surface area contributed by atoms with Crippen molar-refractivity contribution in [3.05, 3.63) is 87.4 Å². The molecule has 0 saturated heterocycles. The maximum Gasteiger partial charge on any atom is 0.255 e. The lowest BCUT2D eigenvalue weighted by molar-refractivity contribution is 0.102. The second kappa shape index (κ2) is 8.18. The van der Waals surface area contributed by atoms with E-state index in [-0.39, 0.29) is 11.7 Å². The van der Waals surface area contributed by atoms with Crippen LogP contribution in [0, 0.1) is 13.8 Å². The van der Waals surface area contributed by atoms with E-state index in [1.807, 2.05) is 62.4 Å². The zero-order valence-corrected chi connectivity index (χ0v) is 16.6. The van der Waals surface area contributed by atoms with E-state index in [1.54, 1.807) is 18.3 Å². The third-order valence-corrected chi connectivity index (χ3v) is 4.60. The number of carbonyl (C=O) groups excluding carboxylic acids is 1. The van der Waals surface area contributed by atoms with Gasteiger partial charge in [0.2, 0.25) is 0 Å². The van der Waals surface area contributed by atoms with Gasteiger partial charge >= 0.3 is 0 Å². The average Bonchev–Trinajstić information content (AvgIpc) is 2.66. The van der Waals surface area contributed by atoms with Gasteiger partial charge in [-0.1, -0.05) is 34.1 Å². The van der Waals surface area contributed by atoms with Gasteiger partial charge in [0.1, 0.15) is 5.75 Å². The Morgan fingerprint density at radius 3 is 2.48 bits per heavy atom. The molecular formula is C22H19BrN2O2. The molecule has 0 atom stereocenters. The third-order valence-electron chi connectivity index (χ3n) is 4.14. The van der Waals surface area contributed by atoms with Crippen LogP contribution >= 0.6 is 15.9 Å². The van der Waals surface area contributed by atoms with E-state index < -0.39 is 0 Å². The number of phenolic OH excluding ortho intramolecular Hbond substituents is 1. The highest BCUT2D eigenvalue weighted by Gasteiger charge is 2.08. The van der Waals surface area contributed by atoms with Gasteiger partial charge in [0, 0.05) is 27.5 Å². The predicted molar refractivity (Wildman–Crippen MR) is 113 cm³/mol. The SMILES string of the molecule is Cc1cc(N=Cc2cc(Br)cc(C)c2O)ccc1NC(=O)c1ccccc1. The monoisotopic (exact) mass is 422 g/mol. The number of amides is 1. The maximum atomic E-state index is 12.3. The fraction of sp³-hybridized carbons (Fsp3) is 0.0909. The lowest BCUT2D eigenvalue weighted by atomic mass is 10.1. The molecule has 5 heteroatoms. The van der Waals surface area contributed by atoms with Gasteiger partial charge in [-0.2, -0.15) is 0 Å². The number of benzene rings is 3. The molecule has 3 rings (SSSR count). The second-order valence-electron chi connectivity index (χ2n) is 6.24. The molecule has 27 heavy (non-hydrogen) atoms. The molecule has 136 valence electrons. The number of carbonyl (C=O) groups is 1. The Morgan fingerprint density at radius 1 is 1.04 bits per heavy atom. The van der Waals surface area contributed by atoms with Crippen LogP contribution in [0.15, 0.2) is 70.1 Å². The molecule has 0 radical (unpaired) electrons. The number of aromatic hydroxyl groups is 1. The molecule has 0 fully saturated rings. The number of hydrogen-bond acceptors (Lipinski definition) is 3. The standard InChI is InChI=1S/C22H19BrN2O2/c1-14-11-19(24-13-17-12-18(23)10-15(2)21(17)26)8-9-20(14)25-22(27)16-6-4-3-5-7-16/h3-13,26H,1-2H3,(H,25,27). The average molecular weight is 423 g/mol. The Balaban J connectivity index is 1.78. The topological polar surface area (TPSA) is 61.7 Å². The van der Waals surface area contributed by atoms with E-state index in [2.05, 4.69) is 26.2 Å². The minimum atomic E-state index is -0.149. The van der Waals surface area contributed by atoms with Crippen LogP contribution in [0.4, 0.5) is 11.4 Å². The smallest absolute Gasteiger partial charge is 0.255 e. The summed E-state index contributed by atoms with van der Waals surface area (Å²) >= 11 is 3.42. The summed E-state index contributed by atoms with van der Waals surface area (Å²) in [7, 11) is 0. The minimum absolute atomic E-state index is 0.149. The van der Waals surface area contributed by atoms with Crippen molar-refractivity contribution in [2.24, 2.45) is 4.99 Å². The molecule has 0 aliphatic heterocycles. The number of anilines is 1. The van der Waals surface area contributed by atoms with Crippen LogP contribution in [-0.2, 0) is 0 Å². The van der Waals surface area contributed by atoms with Crippen molar-refractivity contribution in [3.8, 4) is 5.75 Å². The number of halogens is 1. The molecule has 0 unspecified atom stereocenters. The van der Waals surface area contributed by atoms with Gasteiger partial charge in [0.05, 0.1) is 5.69 Å². The van der Waals surface area contributed by atoms with E-state index in [4.69, 9.17) is 0 Å². The number of nitrogens with zero attached hydrogens (tertiary/aromatic N) is 1. The van der Waals surface area contributed by atoms with Crippen molar-refractivity contribution in [1.29, 1.82) is 0 Å². The molecule has 2 N–H and O–H groups in total. The normalized spacial score (nSPS) is 10.9. The molecule has 0 aliphatic rings. The highest BCUT2D eigenvalue weighted by Crippen LogP contribution is 2.27. The number of hydrogen-bond donors (Lipinski definition) is 2. The highest BCUT2D eigenvalue weighted by molar-refractivity contribution is 9.10. The molecular weight excluding hydrogens is 404 g/mol. The van der Waals surface area contributed by atoms with Gasteiger partial charge in [-0.15, -0.1) is 0 Å². The number of rotatable bonds is 4. The fourth-order valence-electron chi connectivity index (χ4n) is 2.66. The summed E-state index contributed by atoms with van der Waals surface area (Å²) in [6.45, 7) is 3.76. The molecule has 0 spiro atoms. The number of phenols is 1. The number of aliphatic imine (C=N–C) groups is 1. The van der Waals surface area contributed by atoms with Crippen LogP contribution in [-0.4, -0.2) is 17.2 Å². The zero-order valence-electron chi connectivity index (χ0n) is 15.0. The molecule has 3 aromatic rings. The first-order valence-corrected chi connectivity index (χ1v) is 9.23. The van der Waals surface area contributed by atoms with Crippen LogP contribution in [0.2, 0.25) is 0 Å². The lowest BCUT2D eigenvalue weighted by Gasteiger charge is -2.09. The maximum absolute atomic E-state index is 12.3. The fourth-order valence-corrected chi connectivity index (χ4v) is 3.25. The van der Waals surface area contributed by atoms with Gasteiger partial charge in [-0.3, -0.25) is 9.79 Å². The Hall–Kier alpha value is -2.92. The summed E-state index contributed by atoms with van der Waals surface area (Å²) in [5.74, 6) is 0.0647. The molecule has 0 aliphatic carbocycles. The van der Waals surface area contributed by atoms with Crippen LogP contribution in [0.3, 0.4) is 0 Å². The van der Waals surface area contributed by atoms with Crippen molar-refractivity contribution in [2.45, 2.75) is 13.8 Å². The summed E-state index contributed by atoms with van der Waals surface area (Å²) in [6, 6.07) is 18.3. The summed E-state index contributed by atoms with van der Waals surface area (Å²) in [4.78, 5) is 16.7. The van der Waals surface area contributed by atoms with Gasteiger partial charge < -0.3 is 10.4 Å². The van der Waals surface area contributed by atoms with E-state index in [0.717, 1.165) is 27.0 Å². The summed E-state index contributed by atoms with van der Waals surface area (Å²) in [5.41, 5.74) is 4.41. The first-order valence-electron chi connectivity index (χ1n) is 8.44. The Kier molecular flexibility index (Phi) is 5.72. The van der Waals surface area contributed by atoms with Crippen molar-refractivity contribution in [1.82, 2.24) is 0 Å². The molecule has 0 heterocycles. The van der Waals surface area contributed by atoms with Gasteiger partial charge in [0.25, 0.3) is 5.91 Å². The summed E-state index contributed by atoms with van der Waals surface area (Å²) < 4.78 is 0.884. The third kappa shape index (κ3) is 4.63. The van der Waals surface area contributed by atoms with Crippen LogP contribution in [0.5, 0.6) is 5.75 Å². The van der Waals surface area contributed by atoms with Gasteiger partial charge in [-0.05, 0) is 67.4 Å². The molecule has 0 bridgehead atoms. The predicted octanol–water partition coefficient (Wildman–Crippen LogP) is 5.77. The molecule has 0 aromatic heterocycles. The first kappa shape index (κ1) is 18.9. The molecule has 4 nitrogen and oxygen atoms in total. The summed E-state index contributed by atoms with van der Waals surface area (Å²) in [6.07, 6.45) is 1.63. The van der Waals surface area contributed by atoms with Crippen molar-refractivity contribution >= 4 is 39.4 Å². The summed E-state index contributed by atoms with van der Waals surface area (Å²) in [5, 5.41) is 13.1. The van der Waals surface area contributed by atoms with Crippen LogP contribution in [0.25, 0.3) is 0 Å². The molecule has 3 aromatic carbocycles. The Morgan fingerprint density at radius 2 is 1.78 bits per heavy atom. The Bertz CT molecular complexity index is 1010. The Labute approximate surface area is 166 Å². The van der Waals surface area contributed by atoms with Crippen molar-refractivity contribution in [2.75, 3.05) is 5.32 Å². The second-order valence-corrected chi connectivity index (χ2v) is 7.15. The van der Waals surface area contributed by atoms with E-state index in [1.165, 1.54) is 0 Å². The van der Waals surface area contributed by atoms with Crippen LogP contribution in [0.1, 0.15) is 27.0 Å². The van der Waals surface area contributed by atoms with E-state index in [9.17, 15) is 9.90 Å². The zero-order chi connectivity index (χ0) is 19.4. The quantitative estimate of drug-likeness (QED) is 0.523.